The molecule has 5 heteroatoms. The topological polar surface area (TPSA) is 55.6 Å². The first-order valence-corrected chi connectivity index (χ1v) is 6.81. The highest BCUT2D eigenvalue weighted by atomic mass is 19.1. The molecule has 0 fully saturated rings. The summed E-state index contributed by atoms with van der Waals surface area (Å²) in [6, 6.07) is 4.30. The number of carbonyl (C=O) groups excluding carboxylic acids is 1. The van der Waals surface area contributed by atoms with Gasteiger partial charge in [-0.05, 0) is 32.0 Å². The third kappa shape index (κ3) is 5.54. The van der Waals surface area contributed by atoms with Crippen molar-refractivity contribution in [2.75, 3.05) is 26.7 Å². The minimum atomic E-state index is -0.583. The Bertz CT molecular complexity index is 547. The van der Waals surface area contributed by atoms with E-state index >= 15 is 0 Å². The summed E-state index contributed by atoms with van der Waals surface area (Å²) in [5.74, 6) is 4.41. The monoisotopic (exact) mass is 292 g/mol. The molecule has 2 N–H and O–H groups in total. The smallest absolute Gasteiger partial charge is 0.256 e. The number of hydrogen-bond donors (Lipinski definition) is 1. The molecule has 0 saturated heterocycles. The van der Waals surface area contributed by atoms with E-state index in [0.717, 1.165) is 0 Å². The summed E-state index contributed by atoms with van der Waals surface area (Å²) in [6.45, 7) is 4.87. The van der Waals surface area contributed by atoms with Gasteiger partial charge < -0.3 is 15.4 Å². The zero-order chi connectivity index (χ0) is 15.8. The molecule has 0 spiro atoms. The molecule has 0 radical (unpaired) electrons. The summed E-state index contributed by atoms with van der Waals surface area (Å²) in [5.41, 5.74) is 5.79. The quantitative estimate of drug-likeness (QED) is 0.839. The van der Waals surface area contributed by atoms with Gasteiger partial charge in [-0.25, -0.2) is 4.39 Å². The number of halogens is 1. The van der Waals surface area contributed by atoms with Gasteiger partial charge in [-0.3, -0.25) is 4.79 Å². The summed E-state index contributed by atoms with van der Waals surface area (Å²) in [6.07, 6.45) is 0.102. The van der Waals surface area contributed by atoms with Crippen LogP contribution < -0.4 is 5.73 Å². The number of amides is 1. The highest BCUT2D eigenvalue weighted by Crippen LogP contribution is 2.12. The molecule has 21 heavy (non-hydrogen) atoms. The Morgan fingerprint density at radius 2 is 2.19 bits per heavy atom. The predicted molar refractivity (Wildman–Crippen MR) is 80.4 cm³/mol. The molecule has 1 rings (SSSR count). The number of hydrogen-bond acceptors (Lipinski definition) is 3. The summed E-state index contributed by atoms with van der Waals surface area (Å²) in [7, 11) is 1.62. The van der Waals surface area contributed by atoms with E-state index in [-0.39, 0.29) is 24.1 Å². The van der Waals surface area contributed by atoms with Crippen LogP contribution in [0.3, 0.4) is 0 Å². The van der Waals surface area contributed by atoms with Crippen molar-refractivity contribution < 1.29 is 13.9 Å². The van der Waals surface area contributed by atoms with Crippen LogP contribution in [0.2, 0.25) is 0 Å². The molecule has 0 atom stereocenters. The first kappa shape index (κ1) is 17.2. The van der Waals surface area contributed by atoms with Crippen LogP contribution >= 0.6 is 0 Å². The first-order chi connectivity index (χ1) is 9.95. The molecule has 0 aliphatic rings. The second kappa shape index (κ2) is 8.40. The SMILES string of the molecule is CC(C)OCCN(C)C(=O)c1ccc(C#CCN)cc1F. The summed E-state index contributed by atoms with van der Waals surface area (Å²) < 4.78 is 19.3. The van der Waals surface area contributed by atoms with E-state index in [4.69, 9.17) is 10.5 Å². The van der Waals surface area contributed by atoms with Gasteiger partial charge in [-0.15, -0.1) is 0 Å². The summed E-state index contributed by atoms with van der Waals surface area (Å²) in [4.78, 5) is 13.6. The molecule has 0 heterocycles. The Morgan fingerprint density at radius 3 is 2.76 bits per heavy atom. The lowest BCUT2D eigenvalue weighted by Crippen LogP contribution is -2.31. The molecule has 1 amide bonds. The number of carbonyl (C=O) groups is 1. The Balaban J connectivity index is 2.73. The van der Waals surface area contributed by atoms with Gasteiger partial charge in [0.1, 0.15) is 5.82 Å². The molecule has 0 aromatic heterocycles. The highest BCUT2D eigenvalue weighted by Gasteiger charge is 2.16. The Morgan fingerprint density at radius 1 is 1.48 bits per heavy atom. The summed E-state index contributed by atoms with van der Waals surface area (Å²) >= 11 is 0. The average Bonchev–Trinajstić information content (AvgIpc) is 2.44. The molecule has 0 aliphatic carbocycles. The van der Waals surface area contributed by atoms with Gasteiger partial charge >= 0.3 is 0 Å². The Kier molecular flexibility index (Phi) is 6.86. The zero-order valence-corrected chi connectivity index (χ0v) is 12.6. The highest BCUT2D eigenvalue weighted by molar-refractivity contribution is 5.94. The van der Waals surface area contributed by atoms with Gasteiger partial charge in [-0.2, -0.15) is 0 Å². The second-order valence-corrected chi connectivity index (χ2v) is 4.85. The van der Waals surface area contributed by atoms with E-state index in [1.807, 2.05) is 13.8 Å². The van der Waals surface area contributed by atoms with Crippen molar-refractivity contribution >= 4 is 5.91 Å². The minimum absolute atomic E-state index is 0.0281. The minimum Gasteiger partial charge on any atom is -0.377 e. The fourth-order valence-electron chi connectivity index (χ4n) is 1.65. The molecule has 114 valence electrons. The van der Waals surface area contributed by atoms with Crippen LogP contribution in [0.1, 0.15) is 29.8 Å². The normalized spacial score (nSPS) is 10.2. The molecule has 1 aromatic rings. The maximum absolute atomic E-state index is 14.0. The number of nitrogens with two attached hydrogens (primary N) is 1. The van der Waals surface area contributed by atoms with Crippen molar-refractivity contribution in [3.05, 3.63) is 35.1 Å². The van der Waals surface area contributed by atoms with E-state index < -0.39 is 5.82 Å². The number of benzene rings is 1. The van der Waals surface area contributed by atoms with Crippen molar-refractivity contribution in [3.63, 3.8) is 0 Å². The van der Waals surface area contributed by atoms with Crippen LogP contribution in [0, 0.1) is 17.7 Å². The molecule has 0 bridgehead atoms. The third-order valence-corrected chi connectivity index (χ3v) is 2.76. The van der Waals surface area contributed by atoms with Crippen molar-refractivity contribution in [1.29, 1.82) is 0 Å². The number of nitrogens with zero attached hydrogens (tertiary/aromatic N) is 1. The number of rotatable bonds is 5. The van der Waals surface area contributed by atoms with E-state index in [2.05, 4.69) is 11.8 Å². The second-order valence-electron chi connectivity index (χ2n) is 4.85. The molecule has 1 aromatic carbocycles. The maximum atomic E-state index is 14.0. The van der Waals surface area contributed by atoms with E-state index in [9.17, 15) is 9.18 Å². The van der Waals surface area contributed by atoms with Crippen LogP contribution in [0.5, 0.6) is 0 Å². The Hall–Kier alpha value is -1.90. The lowest BCUT2D eigenvalue weighted by molar-refractivity contribution is 0.0529. The van der Waals surface area contributed by atoms with Crippen LogP contribution in [-0.4, -0.2) is 43.7 Å². The summed E-state index contributed by atoms with van der Waals surface area (Å²) in [5, 5.41) is 0. The molecule has 0 saturated carbocycles. The van der Waals surface area contributed by atoms with Crippen molar-refractivity contribution in [1.82, 2.24) is 4.90 Å². The van der Waals surface area contributed by atoms with Gasteiger partial charge in [-0.1, -0.05) is 11.8 Å². The van der Waals surface area contributed by atoms with Crippen molar-refractivity contribution in [3.8, 4) is 11.8 Å². The fraction of sp³-hybridized carbons (Fsp3) is 0.438. The lowest BCUT2D eigenvalue weighted by Gasteiger charge is -2.18. The fourth-order valence-corrected chi connectivity index (χ4v) is 1.65. The molecule has 0 aliphatic heterocycles. The van der Waals surface area contributed by atoms with Crippen LogP contribution in [0.15, 0.2) is 18.2 Å². The average molecular weight is 292 g/mol. The molecular formula is C16H21FN2O2. The molecular weight excluding hydrogens is 271 g/mol. The number of likely N-dealkylation sites (N-methyl/N-ethyl adjacent to an activating group) is 1. The van der Waals surface area contributed by atoms with Crippen molar-refractivity contribution in [2.45, 2.75) is 20.0 Å². The molecule has 4 nitrogen and oxygen atoms in total. The van der Waals surface area contributed by atoms with Gasteiger partial charge in [0.2, 0.25) is 0 Å². The molecule has 0 unspecified atom stereocenters. The van der Waals surface area contributed by atoms with Crippen LogP contribution in [0.4, 0.5) is 4.39 Å². The largest absolute Gasteiger partial charge is 0.377 e. The van der Waals surface area contributed by atoms with Gasteiger partial charge in [0.25, 0.3) is 5.91 Å². The van der Waals surface area contributed by atoms with Crippen molar-refractivity contribution in [2.24, 2.45) is 5.73 Å². The van der Waals surface area contributed by atoms with E-state index in [1.54, 1.807) is 13.1 Å². The van der Waals surface area contributed by atoms with E-state index in [0.29, 0.717) is 18.7 Å². The van der Waals surface area contributed by atoms with E-state index in [1.165, 1.54) is 17.0 Å². The lowest BCUT2D eigenvalue weighted by atomic mass is 10.1. The standard InChI is InChI=1S/C16H21FN2O2/c1-12(2)21-10-9-19(3)16(20)14-7-6-13(5-4-8-18)11-15(14)17/h6-7,11-12H,8-10,18H2,1-3H3. The number of ether oxygens (including phenoxy) is 1. The maximum Gasteiger partial charge on any atom is 0.256 e. The van der Waals surface area contributed by atoms with Gasteiger partial charge in [0.15, 0.2) is 0 Å². The Labute approximate surface area is 125 Å². The van der Waals surface area contributed by atoms with Gasteiger partial charge in [0, 0.05) is 19.2 Å². The van der Waals surface area contributed by atoms with Gasteiger partial charge in [0.05, 0.1) is 24.8 Å². The third-order valence-electron chi connectivity index (χ3n) is 2.76. The van der Waals surface area contributed by atoms with Crippen LogP contribution in [-0.2, 0) is 4.74 Å². The zero-order valence-electron chi connectivity index (χ0n) is 12.6. The van der Waals surface area contributed by atoms with Crippen LogP contribution in [0.25, 0.3) is 0 Å². The predicted octanol–water partition coefficient (Wildman–Crippen LogP) is 1.63. The first-order valence-electron chi connectivity index (χ1n) is 6.81.